The molecule has 2 aromatic carbocycles. The van der Waals surface area contributed by atoms with Gasteiger partial charge in [-0.05, 0) is 36.8 Å². The number of thiazole rings is 1. The second-order valence-corrected chi connectivity index (χ2v) is 11.5. The molecule has 2 unspecified atom stereocenters. The highest BCUT2D eigenvalue weighted by atomic mass is 32.2. The fourth-order valence-corrected chi connectivity index (χ4v) is 5.39. The minimum Gasteiger partial charge on any atom is -0.445 e. The van der Waals surface area contributed by atoms with Gasteiger partial charge < -0.3 is 15.4 Å². The van der Waals surface area contributed by atoms with Gasteiger partial charge in [-0.2, -0.15) is 0 Å². The molecule has 38 heavy (non-hydrogen) atoms. The first-order valence-corrected chi connectivity index (χ1v) is 14.7. The molecule has 3 aromatic rings. The third kappa shape index (κ3) is 10.3. The minimum atomic E-state index is -0.824. The molecule has 1 heterocycles. The fourth-order valence-electron chi connectivity index (χ4n) is 3.81. The molecule has 3 rings (SSSR count). The Morgan fingerprint density at radius 1 is 0.947 bits per heavy atom. The first-order valence-electron chi connectivity index (χ1n) is 12.6. The number of nitrogens with zero attached hydrogens (tertiary/aromatic N) is 1. The Labute approximate surface area is 232 Å². The van der Waals surface area contributed by atoms with Crippen LogP contribution in [0.2, 0.25) is 0 Å². The van der Waals surface area contributed by atoms with Gasteiger partial charge in [0.15, 0.2) is 5.78 Å². The van der Waals surface area contributed by atoms with Gasteiger partial charge in [-0.15, -0.1) is 23.1 Å². The first-order chi connectivity index (χ1) is 18.3. The van der Waals surface area contributed by atoms with E-state index in [1.54, 1.807) is 11.3 Å². The Kier molecular flexibility index (Phi) is 11.8. The normalized spacial score (nSPS) is 12.5. The van der Waals surface area contributed by atoms with Crippen LogP contribution in [0.1, 0.15) is 42.1 Å². The van der Waals surface area contributed by atoms with Crippen molar-refractivity contribution >= 4 is 40.9 Å². The van der Waals surface area contributed by atoms with Gasteiger partial charge in [0.25, 0.3) is 0 Å². The van der Waals surface area contributed by atoms with Crippen molar-refractivity contribution in [2.75, 3.05) is 5.75 Å². The van der Waals surface area contributed by atoms with E-state index in [1.807, 2.05) is 86.8 Å². The zero-order valence-corrected chi connectivity index (χ0v) is 23.6. The lowest BCUT2D eigenvalue weighted by Gasteiger charge is -2.24. The van der Waals surface area contributed by atoms with Crippen LogP contribution in [0.5, 0.6) is 0 Å². The third-order valence-electron chi connectivity index (χ3n) is 5.68. The molecular formula is C29H35N3O4S2. The highest BCUT2D eigenvalue weighted by Crippen LogP contribution is 2.17. The van der Waals surface area contributed by atoms with E-state index in [0.717, 1.165) is 21.8 Å². The summed E-state index contributed by atoms with van der Waals surface area (Å²) in [6, 6.07) is 17.4. The molecular weight excluding hydrogens is 518 g/mol. The van der Waals surface area contributed by atoms with Gasteiger partial charge in [0, 0.05) is 11.1 Å². The molecule has 0 saturated carbocycles. The van der Waals surface area contributed by atoms with Crippen molar-refractivity contribution in [2.24, 2.45) is 5.92 Å². The van der Waals surface area contributed by atoms with Crippen molar-refractivity contribution in [1.29, 1.82) is 0 Å². The predicted octanol–water partition coefficient (Wildman–Crippen LogP) is 5.32. The van der Waals surface area contributed by atoms with Crippen LogP contribution in [0.15, 0.2) is 66.0 Å². The number of Topliss-reactive ketones (excluding diaryl/α,β-unsaturated/α-hetero) is 1. The van der Waals surface area contributed by atoms with Gasteiger partial charge in [-0.1, -0.05) is 74.5 Å². The van der Waals surface area contributed by atoms with E-state index in [2.05, 4.69) is 15.6 Å². The average Bonchev–Trinajstić information content (AvgIpc) is 3.32. The van der Waals surface area contributed by atoms with Crippen LogP contribution in [0.25, 0.3) is 0 Å². The lowest BCUT2D eigenvalue weighted by Crippen LogP contribution is -2.53. The lowest BCUT2D eigenvalue weighted by atomic mass is 10.00. The summed E-state index contributed by atoms with van der Waals surface area (Å²) in [7, 11) is 0. The lowest BCUT2D eigenvalue weighted by molar-refractivity contribution is -0.128. The summed E-state index contributed by atoms with van der Waals surface area (Å²) in [5.74, 6) is 0.544. The third-order valence-corrected chi connectivity index (χ3v) is 7.49. The number of nitrogens with one attached hydrogen (secondary N) is 2. The number of rotatable bonds is 14. The molecule has 2 atom stereocenters. The molecule has 9 heteroatoms. The highest BCUT2D eigenvalue weighted by Gasteiger charge is 2.28. The maximum atomic E-state index is 13.3. The summed E-state index contributed by atoms with van der Waals surface area (Å²) in [5, 5.41) is 8.60. The Morgan fingerprint density at radius 2 is 1.61 bits per heavy atom. The van der Waals surface area contributed by atoms with Gasteiger partial charge in [0.1, 0.15) is 12.6 Å². The van der Waals surface area contributed by atoms with Crippen molar-refractivity contribution in [3.8, 4) is 0 Å². The number of ketones is 1. The summed E-state index contributed by atoms with van der Waals surface area (Å²) < 4.78 is 5.33. The van der Waals surface area contributed by atoms with E-state index in [9.17, 15) is 14.4 Å². The van der Waals surface area contributed by atoms with Gasteiger partial charge in [-0.3, -0.25) is 9.59 Å². The minimum absolute atomic E-state index is 0.0749. The Morgan fingerprint density at radius 3 is 2.21 bits per heavy atom. The number of alkyl carbamates (subject to hydrolysis) is 1. The highest BCUT2D eigenvalue weighted by molar-refractivity contribution is 7.99. The maximum Gasteiger partial charge on any atom is 0.408 e. The van der Waals surface area contributed by atoms with Crippen molar-refractivity contribution < 1.29 is 19.1 Å². The van der Waals surface area contributed by atoms with Crippen LogP contribution in [0, 0.1) is 12.8 Å². The van der Waals surface area contributed by atoms with Gasteiger partial charge in [-0.25, -0.2) is 9.78 Å². The molecule has 1 aromatic heterocycles. The zero-order valence-electron chi connectivity index (χ0n) is 22.0. The standard InChI is InChI=1S/C29H35N3O4S2/c1-20(2)14-26(32-29(35)36-16-23-12-8-5-9-13-23)28(34)31-25(15-22-10-6-4-7-11-22)27(33)19-37-17-24-18-38-21(3)30-24/h4-13,18,20,25-26H,14-17,19H2,1-3H3,(H,31,34)(H,32,35). The number of amides is 2. The van der Waals surface area contributed by atoms with E-state index >= 15 is 0 Å². The average molecular weight is 554 g/mol. The molecule has 2 amide bonds. The van der Waals surface area contributed by atoms with E-state index < -0.39 is 24.1 Å². The quantitative estimate of drug-likeness (QED) is 0.280. The summed E-state index contributed by atoms with van der Waals surface area (Å²) in [5.41, 5.74) is 2.75. The van der Waals surface area contributed by atoms with Crippen molar-refractivity contribution in [2.45, 2.75) is 58.1 Å². The van der Waals surface area contributed by atoms with E-state index in [4.69, 9.17) is 4.74 Å². The molecule has 0 aliphatic heterocycles. The second kappa shape index (κ2) is 15.3. The van der Waals surface area contributed by atoms with Gasteiger partial charge in [0.2, 0.25) is 5.91 Å². The van der Waals surface area contributed by atoms with Gasteiger partial charge in [0.05, 0.1) is 22.5 Å². The van der Waals surface area contributed by atoms with E-state index in [0.29, 0.717) is 18.6 Å². The van der Waals surface area contributed by atoms with Crippen LogP contribution in [0.4, 0.5) is 4.79 Å². The molecule has 0 spiro atoms. The predicted molar refractivity (Wildman–Crippen MR) is 153 cm³/mol. The van der Waals surface area contributed by atoms with Crippen molar-refractivity contribution in [3.63, 3.8) is 0 Å². The molecule has 0 bridgehead atoms. The van der Waals surface area contributed by atoms with Crippen LogP contribution in [-0.4, -0.2) is 40.6 Å². The summed E-state index contributed by atoms with van der Waals surface area (Å²) in [6.45, 7) is 6.00. The number of hydrogen-bond acceptors (Lipinski definition) is 7. The number of benzene rings is 2. The molecule has 202 valence electrons. The molecule has 0 radical (unpaired) electrons. The number of aryl methyl sites for hydroxylation is 1. The van der Waals surface area contributed by atoms with Crippen LogP contribution in [-0.2, 0) is 33.1 Å². The number of hydrogen-bond donors (Lipinski definition) is 2. The smallest absolute Gasteiger partial charge is 0.408 e. The van der Waals surface area contributed by atoms with Gasteiger partial charge >= 0.3 is 6.09 Å². The molecule has 0 saturated heterocycles. The number of thioether (sulfide) groups is 1. The molecule has 2 N–H and O–H groups in total. The number of carbonyl (C=O) groups is 3. The van der Waals surface area contributed by atoms with Crippen molar-refractivity contribution in [1.82, 2.24) is 15.6 Å². The zero-order chi connectivity index (χ0) is 27.3. The number of aromatic nitrogens is 1. The molecule has 7 nitrogen and oxygen atoms in total. The van der Waals surface area contributed by atoms with Crippen molar-refractivity contribution in [3.05, 3.63) is 87.9 Å². The van der Waals surface area contributed by atoms with E-state index in [-0.39, 0.29) is 24.1 Å². The summed E-state index contributed by atoms with van der Waals surface area (Å²) in [6.07, 6.45) is 0.111. The summed E-state index contributed by atoms with van der Waals surface area (Å²) in [4.78, 5) is 43.5. The Hall–Kier alpha value is -3.17. The molecule has 0 aliphatic rings. The second-order valence-electron chi connectivity index (χ2n) is 9.46. The molecule has 0 aliphatic carbocycles. The Balaban J connectivity index is 1.63. The number of ether oxygens (including phenoxy) is 1. The monoisotopic (exact) mass is 553 g/mol. The fraction of sp³-hybridized carbons (Fsp3) is 0.379. The largest absolute Gasteiger partial charge is 0.445 e. The van der Waals surface area contributed by atoms with Crippen LogP contribution < -0.4 is 10.6 Å². The Bertz CT molecular complexity index is 1170. The molecule has 0 fully saturated rings. The topological polar surface area (TPSA) is 97.4 Å². The van der Waals surface area contributed by atoms with Crippen LogP contribution in [0.3, 0.4) is 0 Å². The number of carbonyl (C=O) groups excluding carboxylic acids is 3. The summed E-state index contributed by atoms with van der Waals surface area (Å²) >= 11 is 3.06. The first kappa shape index (κ1) is 29.4. The maximum absolute atomic E-state index is 13.3. The SMILES string of the molecule is Cc1nc(CSCC(=O)C(Cc2ccccc2)NC(=O)C(CC(C)C)NC(=O)OCc2ccccc2)cs1. The van der Waals surface area contributed by atoms with E-state index in [1.165, 1.54) is 11.8 Å². The van der Waals surface area contributed by atoms with Crippen LogP contribution >= 0.6 is 23.1 Å².